The number of hydrogen-bond donors (Lipinski definition) is 2. The van der Waals surface area contributed by atoms with Crippen LogP contribution in [0.2, 0.25) is 0 Å². The normalized spacial score (nSPS) is 11.5. The number of halogens is 1. The fraction of sp³-hybridized carbons (Fsp3) is 0.278. The summed E-state index contributed by atoms with van der Waals surface area (Å²) in [6.45, 7) is 2.44. The third-order valence-corrected chi connectivity index (χ3v) is 5.21. The van der Waals surface area contributed by atoms with Crippen LogP contribution in [-0.2, 0) is 22.9 Å². The minimum absolute atomic E-state index is 0. The van der Waals surface area contributed by atoms with Crippen LogP contribution in [0.25, 0.3) is 0 Å². The van der Waals surface area contributed by atoms with E-state index in [1.165, 1.54) is 12.3 Å². The van der Waals surface area contributed by atoms with E-state index in [0.717, 1.165) is 5.56 Å². The van der Waals surface area contributed by atoms with Crippen LogP contribution in [0.4, 0.5) is 5.69 Å². The van der Waals surface area contributed by atoms with E-state index in [1.54, 1.807) is 50.4 Å². The first-order valence-corrected chi connectivity index (χ1v) is 10.1. The van der Waals surface area contributed by atoms with Crippen LogP contribution in [0.15, 0.2) is 52.4 Å². The molecular weight excluding hydrogens is 495 g/mol. The van der Waals surface area contributed by atoms with E-state index >= 15 is 0 Å². The fourth-order valence-corrected chi connectivity index (χ4v) is 3.62. The van der Waals surface area contributed by atoms with Gasteiger partial charge in [0.1, 0.15) is 0 Å². The SMILES string of the molecule is CN=C(NCc1ccc(S(C)(=O)=O)c(C)c1)NCc1ccccc1[N+](=O)[O-].I. The first-order valence-electron chi connectivity index (χ1n) is 8.18. The lowest BCUT2D eigenvalue weighted by molar-refractivity contribution is -0.385. The minimum Gasteiger partial charge on any atom is -0.352 e. The van der Waals surface area contributed by atoms with Crippen LogP contribution < -0.4 is 10.6 Å². The number of aliphatic imine (C=N–C) groups is 1. The third-order valence-electron chi connectivity index (χ3n) is 3.96. The van der Waals surface area contributed by atoms with Gasteiger partial charge in [-0.2, -0.15) is 0 Å². The van der Waals surface area contributed by atoms with Gasteiger partial charge in [0.05, 0.1) is 9.82 Å². The number of para-hydroxylation sites is 1. The summed E-state index contributed by atoms with van der Waals surface area (Å²) < 4.78 is 23.4. The van der Waals surface area contributed by atoms with Gasteiger partial charge in [-0.1, -0.05) is 30.3 Å². The number of nitro benzene ring substituents is 1. The van der Waals surface area contributed by atoms with Crippen molar-refractivity contribution in [2.45, 2.75) is 24.9 Å². The number of nitro groups is 1. The van der Waals surface area contributed by atoms with Crippen molar-refractivity contribution >= 4 is 45.5 Å². The number of benzene rings is 2. The van der Waals surface area contributed by atoms with Gasteiger partial charge >= 0.3 is 0 Å². The van der Waals surface area contributed by atoms with Crippen molar-refractivity contribution in [3.63, 3.8) is 0 Å². The number of sulfone groups is 1. The molecule has 0 saturated carbocycles. The molecule has 0 aliphatic carbocycles. The van der Waals surface area contributed by atoms with Crippen molar-refractivity contribution in [3.8, 4) is 0 Å². The Bertz CT molecular complexity index is 977. The summed E-state index contributed by atoms with van der Waals surface area (Å²) in [5, 5.41) is 17.2. The molecule has 28 heavy (non-hydrogen) atoms. The maximum Gasteiger partial charge on any atom is 0.274 e. The number of hydrogen-bond acceptors (Lipinski definition) is 5. The Morgan fingerprint density at radius 3 is 2.36 bits per heavy atom. The average molecular weight is 518 g/mol. The van der Waals surface area contributed by atoms with Crippen molar-refractivity contribution in [1.29, 1.82) is 0 Å². The monoisotopic (exact) mass is 518 g/mol. The molecule has 0 atom stereocenters. The van der Waals surface area contributed by atoms with E-state index in [4.69, 9.17) is 0 Å². The Hall–Kier alpha value is -2.21. The molecule has 0 heterocycles. The lowest BCUT2D eigenvalue weighted by Gasteiger charge is -2.13. The highest BCUT2D eigenvalue weighted by atomic mass is 127. The van der Waals surface area contributed by atoms with Gasteiger partial charge in [0.25, 0.3) is 5.69 Å². The first kappa shape index (κ1) is 23.8. The van der Waals surface area contributed by atoms with Gasteiger partial charge in [0.15, 0.2) is 15.8 Å². The number of guanidine groups is 1. The molecule has 2 aromatic carbocycles. The highest BCUT2D eigenvalue weighted by Crippen LogP contribution is 2.18. The molecule has 10 heteroatoms. The zero-order chi connectivity index (χ0) is 20.0. The van der Waals surface area contributed by atoms with Gasteiger partial charge in [-0.05, 0) is 24.1 Å². The number of nitrogens with one attached hydrogen (secondary N) is 2. The van der Waals surface area contributed by atoms with Gasteiger partial charge in [0, 0.05) is 38.0 Å². The van der Waals surface area contributed by atoms with E-state index in [-0.39, 0.29) is 36.2 Å². The molecule has 0 radical (unpaired) electrons. The maximum atomic E-state index is 11.7. The number of aryl methyl sites for hydroxylation is 1. The molecule has 0 spiro atoms. The van der Waals surface area contributed by atoms with Gasteiger partial charge in [0.2, 0.25) is 0 Å². The highest BCUT2D eigenvalue weighted by molar-refractivity contribution is 14.0. The molecule has 2 aromatic rings. The number of nitrogens with zero attached hydrogens (tertiary/aromatic N) is 2. The van der Waals surface area contributed by atoms with E-state index in [9.17, 15) is 18.5 Å². The minimum atomic E-state index is -3.25. The molecular formula is C18H23IN4O4S. The second-order valence-electron chi connectivity index (χ2n) is 6.04. The van der Waals surface area contributed by atoms with Crippen LogP contribution in [0, 0.1) is 17.0 Å². The van der Waals surface area contributed by atoms with Crippen LogP contribution in [0.3, 0.4) is 0 Å². The van der Waals surface area contributed by atoms with Crippen LogP contribution in [-0.4, -0.2) is 32.6 Å². The second kappa shape index (κ2) is 10.4. The maximum absolute atomic E-state index is 11.7. The van der Waals surface area contributed by atoms with Crippen molar-refractivity contribution in [3.05, 3.63) is 69.3 Å². The highest BCUT2D eigenvalue weighted by Gasteiger charge is 2.13. The molecule has 152 valence electrons. The van der Waals surface area contributed by atoms with Gasteiger partial charge in [-0.15, -0.1) is 24.0 Å². The molecule has 0 aromatic heterocycles. The molecule has 8 nitrogen and oxygen atoms in total. The fourth-order valence-electron chi connectivity index (χ4n) is 2.66. The summed E-state index contributed by atoms with van der Waals surface area (Å²) >= 11 is 0. The first-order chi connectivity index (χ1) is 12.7. The summed E-state index contributed by atoms with van der Waals surface area (Å²) in [6, 6.07) is 11.6. The molecule has 0 saturated heterocycles. The van der Waals surface area contributed by atoms with Crippen molar-refractivity contribution in [2.75, 3.05) is 13.3 Å². The Kier molecular flexibility index (Phi) is 8.82. The van der Waals surface area contributed by atoms with Crippen molar-refractivity contribution in [2.24, 2.45) is 4.99 Å². The van der Waals surface area contributed by atoms with E-state index in [0.29, 0.717) is 28.5 Å². The van der Waals surface area contributed by atoms with Crippen LogP contribution in [0.1, 0.15) is 16.7 Å². The van der Waals surface area contributed by atoms with Crippen LogP contribution >= 0.6 is 24.0 Å². The van der Waals surface area contributed by atoms with Crippen molar-refractivity contribution < 1.29 is 13.3 Å². The lowest BCUT2D eigenvalue weighted by atomic mass is 10.1. The molecule has 0 amide bonds. The lowest BCUT2D eigenvalue weighted by Crippen LogP contribution is -2.36. The summed E-state index contributed by atoms with van der Waals surface area (Å²) in [7, 11) is -1.64. The Balaban J connectivity index is 0.00000392. The van der Waals surface area contributed by atoms with E-state index < -0.39 is 14.8 Å². The standard InChI is InChI=1S/C18H22N4O4S.HI/c1-13-10-14(8-9-17(13)27(3,25)26)11-20-18(19-2)21-12-15-6-4-5-7-16(15)22(23)24;/h4-10H,11-12H2,1-3H3,(H2,19,20,21);1H. The van der Waals surface area contributed by atoms with Gasteiger partial charge in [-0.3, -0.25) is 15.1 Å². The molecule has 0 aliphatic rings. The molecule has 0 unspecified atom stereocenters. The summed E-state index contributed by atoms with van der Waals surface area (Å²) in [6.07, 6.45) is 1.18. The molecule has 0 aliphatic heterocycles. The zero-order valence-corrected chi connectivity index (χ0v) is 18.9. The summed E-state index contributed by atoms with van der Waals surface area (Å²) in [4.78, 5) is 15.1. The smallest absolute Gasteiger partial charge is 0.274 e. The van der Waals surface area contributed by atoms with E-state index in [2.05, 4.69) is 15.6 Å². The summed E-state index contributed by atoms with van der Waals surface area (Å²) in [5.74, 6) is 0.484. The van der Waals surface area contributed by atoms with Gasteiger partial charge in [-0.25, -0.2) is 8.42 Å². The quantitative estimate of drug-likeness (QED) is 0.200. The average Bonchev–Trinajstić information content (AvgIpc) is 2.61. The van der Waals surface area contributed by atoms with Crippen molar-refractivity contribution in [1.82, 2.24) is 10.6 Å². The Morgan fingerprint density at radius 1 is 1.14 bits per heavy atom. The molecule has 2 N–H and O–H groups in total. The number of rotatable bonds is 6. The predicted octanol–water partition coefficient (Wildman–Crippen LogP) is 2.79. The molecule has 0 fully saturated rings. The predicted molar refractivity (Wildman–Crippen MR) is 120 cm³/mol. The van der Waals surface area contributed by atoms with E-state index in [1.807, 2.05) is 0 Å². The zero-order valence-electron chi connectivity index (χ0n) is 15.8. The van der Waals surface area contributed by atoms with Crippen LogP contribution in [0.5, 0.6) is 0 Å². The van der Waals surface area contributed by atoms with Gasteiger partial charge < -0.3 is 10.6 Å². The summed E-state index contributed by atoms with van der Waals surface area (Å²) in [5.41, 5.74) is 2.18. The third kappa shape index (κ3) is 6.44. The topological polar surface area (TPSA) is 114 Å². The second-order valence-corrected chi connectivity index (χ2v) is 8.02. The largest absolute Gasteiger partial charge is 0.352 e. The Labute approximate surface area is 181 Å². The molecule has 0 bridgehead atoms. The molecule has 2 rings (SSSR count). The Morgan fingerprint density at radius 2 is 1.79 bits per heavy atom.